The molecule has 1 saturated heterocycles. The lowest BCUT2D eigenvalue weighted by Crippen LogP contribution is -2.47. The van der Waals surface area contributed by atoms with Crippen LogP contribution in [-0.4, -0.2) is 50.2 Å². The lowest BCUT2D eigenvalue weighted by atomic mass is 10.1. The third-order valence-corrected chi connectivity index (χ3v) is 5.00. The molecule has 2 N–H and O–H groups in total. The van der Waals surface area contributed by atoms with Crippen LogP contribution in [0.5, 0.6) is 11.5 Å². The van der Waals surface area contributed by atoms with Gasteiger partial charge in [-0.15, -0.1) is 0 Å². The summed E-state index contributed by atoms with van der Waals surface area (Å²) in [6.07, 6.45) is 2.15. The minimum atomic E-state index is -0.441. The zero-order chi connectivity index (χ0) is 20.6. The summed E-state index contributed by atoms with van der Waals surface area (Å²) in [6.45, 7) is 1.06. The average Bonchev–Trinajstić information content (AvgIpc) is 3.24. The van der Waals surface area contributed by atoms with Crippen LogP contribution in [0, 0.1) is 0 Å². The SMILES string of the molecule is COc1ccc(CCNC(=O)[C@H]2CCCN2C(=O)Nc2ccccc2)cc1OC. The van der Waals surface area contributed by atoms with E-state index in [-0.39, 0.29) is 11.9 Å². The molecule has 1 atom stereocenters. The van der Waals surface area contributed by atoms with Crippen molar-refractivity contribution in [1.82, 2.24) is 10.2 Å². The van der Waals surface area contributed by atoms with Crippen molar-refractivity contribution in [3.8, 4) is 11.5 Å². The molecule has 3 amide bonds. The van der Waals surface area contributed by atoms with Crippen LogP contribution in [0.1, 0.15) is 18.4 Å². The third-order valence-electron chi connectivity index (χ3n) is 5.00. The molecule has 1 aliphatic rings. The first-order valence-corrected chi connectivity index (χ1v) is 9.73. The Bertz CT molecular complexity index is 841. The Morgan fingerprint density at radius 2 is 1.83 bits per heavy atom. The Labute approximate surface area is 171 Å². The molecule has 7 heteroatoms. The van der Waals surface area contributed by atoms with Gasteiger partial charge < -0.3 is 25.0 Å². The van der Waals surface area contributed by atoms with E-state index in [9.17, 15) is 9.59 Å². The Morgan fingerprint density at radius 3 is 2.55 bits per heavy atom. The van der Waals surface area contributed by atoms with Crippen molar-refractivity contribution >= 4 is 17.6 Å². The third kappa shape index (κ3) is 5.19. The van der Waals surface area contributed by atoms with Crippen molar-refractivity contribution < 1.29 is 19.1 Å². The summed E-state index contributed by atoms with van der Waals surface area (Å²) >= 11 is 0. The van der Waals surface area contributed by atoms with Crippen LogP contribution in [0.3, 0.4) is 0 Å². The fourth-order valence-electron chi connectivity index (χ4n) is 3.48. The van der Waals surface area contributed by atoms with Gasteiger partial charge in [0.05, 0.1) is 14.2 Å². The molecular weight excluding hydrogens is 370 g/mol. The van der Waals surface area contributed by atoms with E-state index in [0.717, 1.165) is 17.7 Å². The number of anilines is 1. The highest BCUT2D eigenvalue weighted by Crippen LogP contribution is 2.27. The van der Waals surface area contributed by atoms with Crippen LogP contribution in [0.25, 0.3) is 0 Å². The minimum Gasteiger partial charge on any atom is -0.493 e. The second-order valence-corrected chi connectivity index (χ2v) is 6.88. The van der Waals surface area contributed by atoms with E-state index in [1.165, 1.54) is 0 Å². The highest BCUT2D eigenvalue weighted by atomic mass is 16.5. The lowest BCUT2D eigenvalue weighted by molar-refractivity contribution is -0.124. The minimum absolute atomic E-state index is 0.119. The van der Waals surface area contributed by atoms with Crippen molar-refractivity contribution in [2.24, 2.45) is 0 Å². The van der Waals surface area contributed by atoms with Gasteiger partial charge in [-0.05, 0) is 49.1 Å². The number of methoxy groups -OCH3 is 2. The summed E-state index contributed by atoms with van der Waals surface area (Å²) in [6, 6.07) is 14.3. The molecule has 29 heavy (non-hydrogen) atoms. The van der Waals surface area contributed by atoms with Gasteiger partial charge in [-0.1, -0.05) is 24.3 Å². The molecular formula is C22H27N3O4. The zero-order valence-corrected chi connectivity index (χ0v) is 16.8. The first kappa shape index (κ1) is 20.5. The maximum atomic E-state index is 12.6. The summed E-state index contributed by atoms with van der Waals surface area (Å²) in [4.78, 5) is 26.8. The number of ether oxygens (including phenoxy) is 2. The van der Waals surface area contributed by atoms with E-state index in [2.05, 4.69) is 10.6 Å². The second kappa shape index (κ2) is 9.82. The van der Waals surface area contributed by atoms with Crippen molar-refractivity contribution in [3.63, 3.8) is 0 Å². The Kier molecular flexibility index (Phi) is 6.94. The first-order valence-electron chi connectivity index (χ1n) is 9.73. The van der Waals surface area contributed by atoms with Gasteiger partial charge in [-0.3, -0.25) is 4.79 Å². The molecule has 0 unspecified atom stereocenters. The van der Waals surface area contributed by atoms with E-state index >= 15 is 0 Å². The van der Waals surface area contributed by atoms with Crippen LogP contribution in [0.15, 0.2) is 48.5 Å². The van der Waals surface area contributed by atoms with E-state index < -0.39 is 6.04 Å². The van der Waals surface area contributed by atoms with Gasteiger partial charge in [0.15, 0.2) is 11.5 Å². The molecule has 0 spiro atoms. The maximum absolute atomic E-state index is 12.6. The van der Waals surface area contributed by atoms with Crippen LogP contribution < -0.4 is 20.1 Å². The number of hydrogen-bond donors (Lipinski definition) is 2. The first-order chi connectivity index (χ1) is 14.1. The molecule has 0 radical (unpaired) electrons. The number of hydrogen-bond acceptors (Lipinski definition) is 4. The van der Waals surface area contributed by atoms with Crippen LogP contribution in [0.2, 0.25) is 0 Å². The van der Waals surface area contributed by atoms with Gasteiger partial charge >= 0.3 is 6.03 Å². The number of amides is 3. The van der Waals surface area contributed by atoms with Gasteiger partial charge in [-0.2, -0.15) is 0 Å². The topological polar surface area (TPSA) is 79.9 Å². The van der Waals surface area contributed by atoms with Gasteiger partial charge in [0.25, 0.3) is 0 Å². The molecule has 154 valence electrons. The number of para-hydroxylation sites is 1. The van der Waals surface area contributed by atoms with E-state index in [1.807, 2.05) is 48.5 Å². The number of rotatable bonds is 7. The Morgan fingerprint density at radius 1 is 1.07 bits per heavy atom. The molecule has 1 heterocycles. The molecule has 3 rings (SSSR count). The molecule has 1 aliphatic heterocycles. The molecule has 0 saturated carbocycles. The van der Waals surface area contributed by atoms with Crippen LogP contribution >= 0.6 is 0 Å². The Hall–Kier alpha value is -3.22. The van der Waals surface area contributed by atoms with Gasteiger partial charge in [0, 0.05) is 18.8 Å². The summed E-state index contributed by atoms with van der Waals surface area (Å²) in [5.41, 5.74) is 1.75. The molecule has 7 nitrogen and oxygen atoms in total. The standard InChI is InChI=1S/C22H27N3O4/c1-28-19-11-10-16(15-20(19)29-2)12-13-23-21(26)18-9-6-14-25(18)22(27)24-17-7-4-3-5-8-17/h3-5,7-8,10-11,15,18H,6,9,12-14H2,1-2H3,(H,23,26)(H,24,27)/t18-/m1/s1. The van der Waals surface area contributed by atoms with Crippen LogP contribution in [0.4, 0.5) is 10.5 Å². The Balaban J connectivity index is 1.52. The van der Waals surface area contributed by atoms with Crippen molar-refractivity contribution in [2.45, 2.75) is 25.3 Å². The zero-order valence-electron chi connectivity index (χ0n) is 16.8. The number of likely N-dealkylation sites (tertiary alicyclic amines) is 1. The number of nitrogens with one attached hydrogen (secondary N) is 2. The second-order valence-electron chi connectivity index (χ2n) is 6.88. The predicted octanol–water partition coefficient (Wildman–Crippen LogP) is 3.06. The van der Waals surface area contributed by atoms with Crippen molar-refractivity contribution in [1.29, 1.82) is 0 Å². The average molecular weight is 397 g/mol. The van der Waals surface area contributed by atoms with E-state index in [1.54, 1.807) is 19.1 Å². The smallest absolute Gasteiger partial charge is 0.322 e. The van der Waals surface area contributed by atoms with Gasteiger partial charge in [0.2, 0.25) is 5.91 Å². The summed E-state index contributed by atoms with van der Waals surface area (Å²) in [7, 11) is 3.19. The number of urea groups is 1. The van der Waals surface area contributed by atoms with Crippen molar-refractivity contribution in [2.75, 3.05) is 32.6 Å². The highest BCUT2D eigenvalue weighted by Gasteiger charge is 2.33. The van der Waals surface area contributed by atoms with E-state index in [4.69, 9.17) is 9.47 Å². The van der Waals surface area contributed by atoms with Gasteiger partial charge in [-0.25, -0.2) is 4.79 Å². The monoisotopic (exact) mass is 397 g/mol. The number of benzene rings is 2. The molecule has 0 aliphatic carbocycles. The normalized spacial score (nSPS) is 15.7. The number of nitrogens with zero attached hydrogens (tertiary/aromatic N) is 1. The predicted molar refractivity (Wildman–Crippen MR) is 111 cm³/mol. The number of carbonyl (C=O) groups excluding carboxylic acids is 2. The molecule has 0 aromatic heterocycles. The summed E-state index contributed by atoms with van der Waals surface area (Å²) < 4.78 is 10.6. The lowest BCUT2D eigenvalue weighted by Gasteiger charge is -2.24. The van der Waals surface area contributed by atoms with E-state index in [0.29, 0.717) is 37.4 Å². The number of carbonyl (C=O) groups is 2. The van der Waals surface area contributed by atoms with Gasteiger partial charge in [0.1, 0.15) is 6.04 Å². The fourth-order valence-corrected chi connectivity index (χ4v) is 3.48. The molecule has 2 aromatic rings. The molecule has 2 aromatic carbocycles. The van der Waals surface area contributed by atoms with Crippen molar-refractivity contribution in [3.05, 3.63) is 54.1 Å². The highest BCUT2D eigenvalue weighted by molar-refractivity contribution is 5.94. The quantitative estimate of drug-likeness (QED) is 0.753. The van der Waals surface area contributed by atoms with Crippen LogP contribution in [-0.2, 0) is 11.2 Å². The fraction of sp³-hybridized carbons (Fsp3) is 0.364. The maximum Gasteiger partial charge on any atom is 0.322 e. The largest absolute Gasteiger partial charge is 0.493 e. The molecule has 1 fully saturated rings. The summed E-state index contributed by atoms with van der Waals surface area (Å²) in [5.74, 6) is 1.22. The molecule has 0 bridgehead atoms. The summed E-state index contributed by atoms with van der Waals surface area (Å²) in [5, 5.41) is 5.81.